The van der Waals surface area contributed by atoms with E-state index in [1.165, 1.54) is 44.5 Å². The van der Waals surface area contributed by atoms with Crippen LogP contribution in [0.2, 0.25) is 0 Å². The first-order valence-electron chi connectivity index (χ1n) is 8.49. The van der Waals surface area contributed by atoms with E-state index in [1.807, 2.05) is 0 Å². The first kappa shape index (κ1) is 14.9. The van der Waals surface area contributed by atoms with Crippen LogP contribution < -0.4 is 10.6 Å². The molecule has 2 aliphatic heterocycles. The Hall–Kier alpha value is -1.06. The van der Waals surface area contributed by atoms with Crippen LogP contribution in [0.3, 0.4) is 0 Å². The van der Waals surface area contributed by atoms with Crippen molar-refractivity contribution >= 4 is 5.69 Å². The Morgan fingerprint density at radius 3 is 2.48 bits per heavy atom. The van der Waals surface area contributed by atoms with E-state index in [1.54, 1.807) is 0 Å². The van der Waals surface area contributed by atoms with Crippen LogP contribution >= 0.6 is 0 Å². The molecular weight excluding hydrogens is 258 g/mol. The van der Waals surface area contributed by atoms with E-state index in [0.717, 1.165) is 25.6 Å². The molecule has 1 unspecified atom stereocenters. The fourth-order valence-corrected chi connectivity index (χ4v) is 4.09. The van der Waals surface area contributed by atoms with Gasteiger partial charge in [0.25, 0.3) is 0 Å². The van der Waals surface area contributed by atoms with Crippen molar-refractivity contribution in [1.29, 1.82) is 0 Å². The molecule has 116 valence electrons. The van der Waals surface area contributed by atoms with Crippen molar-refractivity contribution in [2.24, 2.45) is 11.7 Å². The fourth-order valence-electron chi connectivity index (χ4n) is 4.09. The second-order valence-electron chi connectivity index (χ2n) is 6.94. The molecule has 0 aliphatic carbocycles. The van der Waals surface area contributed by atoms with E-state index in [-0.39, 0.29) is 5.54 Å². The zero-order valence-electron chi connectivity index (χ0n) is 13.3. The van der Waals surface area contributed by atoms with Crippen LogP contribution in [0.5, 0.6) is 0 Å². The molecule has 0 saturated carbocycles. The maximum Gasteiger partial charge on any atom is 0.0366 e. The van der Waals surface area contributed by atoms with Crippen LogP contribution in [0, 0.1) is 5.92 Å². The van der Waals surface area contributed by atoms with Gasteiger partial charge in [0.05, 0.1) is 0 Å². The number of benzene rings is 1. The zero-order chi connectivity index (χ0) is 14.7. The van der Waals surface area contributed by atoms with Crippen molar-refractivity contribution in [3.8, 4) is 0 Å². The van der Waals surface area contributed by atoms with Gasteiger partial charge in [-0.3, -0.25) is 4.90 Å². The fraction of sp³-hybridized carbons (Fsp3) is 0.667. The number of hydrogen-bond acceptors (Lipinski definition) is 3. The Morgan fingerprint density at radius 1 is 1.14 bits per heavy atom. The van der Waals surface area contributed by atoms with Gasteiger partial charge in [-0.15, -0.1) is 0 Å². The second-order valence-corrected chi connectivity index (χ2v) is 6.94. The molecule has 2 aliphatic rings. The van der Waals surface area contributed by atoms with E-state index in [4.69, 9.17) is 5.73 Å². The average Bonchev–Trinajstić information content (AvgIpc) is 2.56. The van der Waals surface area contributed by atoms with Gasteiger partial charge in [0.1, 0.15) is 0 Å². The van der Waals surface area contributed by atoms with Crippen LogP contribution in [0.4, 0.5) is 5.69 Å². The van der Waals surface area contributed by atoms with Gasteiger partial charge in [0.15, 0.2) is 0 Å². The summed E-state index contributed by atoms with van der Waals surface area (Å²) in [5, 5.41) is 0. The molecule has 2 heterocycles. The van der Waals surface area contributed by atoms with Crippen molar-refractivity contribution in [2.45, 2.75) is 38.1 Å². The lowest BCUT2D eigenvalue weighted by Gasteiger charge is -2.51. The van der Waals surface area contributed by atoms with Gasteiger partial charge in [0, 0.05) is 37.4 Å². The van der Waals surface area contributed by atoms with E-state index in [9.17, 15) is 0 Å². The van der Waals surface area contributed by atoms with Crippen LogP contribution in [-0.4, -0.2) is 43.2 Å². The Balaban J connectivity index is 1.67. The molecule has 3 nitrogen and oxygen atoms in total. The lowest BCUT2D eigenvalue weighted by molar-refractivity contribution is 0.0329. The van der Waals surface area contributed by atoms with Gasteiger partial charge >= 0.3 is 0 Å². The summed E-state index contributed by atoms with van der Waals surface area (Å²) in [5.74, 6) is 0.828. The minimum atomic E-state index is 0.250. The molecule has 1 aromatic carbocycles. The molecule has 0 aromatic heterocycles. The topological polar surface area (TPSA) is 32.5 Å². The molecule has 3 heteroatoms. The second kappa shape index (κ2) is 6.37. The van der Waals surface area contributed by atoms with Crippen molar-refractivity contribution < 1.29 is 0 Å². The third-order valence-corrected chi connectivity index (χ3v) is 5.52. The first-order chi connectivity index (χ1) is 10.2. The zero-order valence-corrected chi connectivity index (χ0v) is 13.3. The lowest BCUT2D eigenvalue weighted by Crippen LogP contribution is -2.61. The SMILES string of the molecule is CC1CCCN(C2(CN)CCN(c3ccccc3)CC2)C1. The Morgan fingerprint density at radius 2 is 1.86 bits per heavy atom. The van der Waals surface area contributed by atoms with E-state index in [2.05, 4.69) is 47.1 Å². The number of para-hydroxylation sites is 1. The standard InChI is InChI=1S/C18H29N3/c1-16-6-5-11-21(14-16)18(15-19)9-12-20(13-10-18)17-7-3-2-4-8-17/h2-4,7-8,16H,5-6,9-15,19H2,1H3. The molecule has 1 atom stereocenters. The third kappa shape index (κ3) is 3.09. The lowest BCUT2D eigenvalue weighted by atomic mass is 9.83. The summed E-state index contributed by atoms with van der Waals surface area (Å²) in [6.45, 7) is 7.94. The predicted molar refractivity (Wildman–Crippen MR) is 89.6 cm³/mol. The summed E-state index contributed by atoms with van der Waals surface area (Å²) in [4.78, 5) is 5.23. The van der Waals surface area contributed by atoms with Crippen molar-refractivity contribution in [2.75, 3.05) is 37.6 Å². The van der Waals surface area contributed by atoms with Gasteiger partial charge in [-0.2, -0.15) is 0 Å². The van der Waals surface area contributed by atoms with Gasteiger partial charge in [-0.05, 0) is 50.3 Å². The predicted octanol–water partition coefficient (Wildman–Crippen LogP) is 2.72. The normalized spacial score (nSPS) is 26.8. The van der Waals surface area contributed by atoms with Gasteiger partial charge in [-0.25, -0.2) is 0 Å². The summed E-state index contributed by atoms with van der Waals surface area (Å²) in [6.07, 6.45) is 5.12. The molecular formula is C18H29N3. The van der Waals surface area contributed by atoms with Gasteiger partial charge in [-0.1, -0.05) is 25.1 Å². The highest BCUT2D eigenvalue weighted by atomic mass is 15.2. The number of nitrogens with two attached hydrogens (primary N) is 1. The van der Waals surface area contributed by atoms with Crippen LogP contribution in [0.1, 0.15) is 32.6 Å². The number of hydrogen-bond donors (Lipinski definition) is 1. The third-order valence-electron chi connectivity index (χ3n) is 5.52. The molecule has 0 bridgehead atoms. The highest BCUT2D eigenvalue weighted by Crippen LogP contribution is 2.33. The number of anilines is 1. The summed E-state index contributed by atoms with van der Waals surface area (Å²) >= 11 is 0. The molecule has 2 N–H and O–H groups in total. The van der Waals surface area contributed by atoms with Crippen molar-refractivity contribution in [1.82, 2.24) is 4.90 Å². The quantitative estimate of drug-likeness (QED) is 0.928. The Kier molecular flexibility index (Phi) is 4.51. The van der Waals surface area contributed by atoms with Crippen molar-refractivity contribution in [3.05, 3.63) is 30.3 Å². The minimum Gasteiger partial charge on any atom is -0.371 e. The molecule has 2 saturated heterocycles. The largest absolute Gasteiger partial charge is 0.371 e. The van der Waals surface area contributed by atoms with Crippen molar-refractivity contribution in [3.63, 3.8) is 0 Å². The molecule has 21 heavy (non-hydrogen) atoms. The van der Waals surface area contributed by atoms with E-state index in [0.29, 0.717) is 0 Å². The molecule has 0 spiro atoms. The summed E-state index contributed by atoms with van der Waals surface area (Å²) in [7, 11) is 0. The van der Waals surface area contributed by atoms with Crippen LogP contribution in [0.15, 0.2) is 30.3 Å². The van der Waals surface area contributed by atoms with Gasteiger partial charge < -0.3 is 10.6 Å². The average molecular weight is 287 g/mol. The molecule has 3 rings (SSSR count). The Labute approximate surface area is 129 Å². The molecule has 0 radical (unpaired) electrons. The number of piperidine rings is 2. The summed E-state index contributed by atoms with van der Waals surface area (Å²) in [5.41, 5.74) is 7.85. The first-order valence-corrected chi connectivity index (χ1v) is 8.49. The van der Waals surface area contributed by atoms with Gasteiger partial charge in [0.2, 0.25) is 0 Å². The number of rotatable bonds is 3. The van der Waals surface area contributed by atoms with E-state index < -0.39 is 0 Å². The minimum absolute atomic E-state index is 0.250. The smallest absolute Gasteiger partial charge is 0.0366 e. The van der Waals surface area contributed by atoms with Crippen LogP contribution in [0.25, 0.3) is 0 Å². The monoisotopic (exact) mass is 287 g/mol. The summed E-state index contributed by atoms with van der Waals surface area (Å²) in [6, 6.07) is 10.8. The maximum absolute atomic E-state index is 6.24. The highest BCUT2D eigenvalue weighted by Gasteiger charge is 2.40. The highest BCUT2D eigenvalue weighted by molar-refractivity contribution is 5.46. The van der Waals surface area contributed by atoms with E-state index >= 15 is 0 Å². The number of likely N-dealkylation sites (tertiary alicyclic amines) is 1. The Bertz CT molecular complexity index is 437. The molecule has 1 aromatic rings. The molecule has 0 amide bonds. The maximum atomic E-state index is 6.24. The van der Waals surface area contributed by atoms with Crippen LogP contribution in [-0.2, 0) is 0 Å². The molecule has 2 fully saturated rings. The number of nitrogens with zero attached hydrogens (tertiary/aromatic N) is 2. The summed E-state index contributed by atoms with van der Waals surface area (Å²) < 4.78 is 0.